The minimum Gasteiger partial charge on any atom is -0.247 e. The molecule has 1 aliphatic rings. The maximum Gasteiger partial charge on any atom is 0.0201 e. The van der Waals surface area contributed by atoms with E-state index in [0.29, 0.717) is 10.8 Å². The third kappa shape index (κ3) is 4.59. The highest BCUT2D eigenvalue weighted by molar-refractivity contribution is 14.1. The quantitative estimate of drug-likeness (QED) is 0.539. The van der Waals surface area contributed by atoms with Crippen molar-refractivity contribution in [3.8, 4) is 0 Å². The monoisotopic (exact) mass is 323 g/mol. The van der Waals surface area contributed by atoms with Crippen LogP contribution in [-0.4, -0.2) is 16.2 Å². The van der Waals surface area contributed by atoms with Crippen molar-refractivity contribution in [1.29, 1.82) is 0 Å². The van der Waals surface area contributed by atoms with Crippen LogP contribution in [0.1, 0.15) is 59.8 Å². The van der Waals surface area contributed by atoms with Crippen molar-refractivity contribution in [2.24, 2.45) is 10.8 Å². The molecule has 1 fully saturated rings. The molecule has 0 N–H and O–H groups in total. The van der Waals surface area contributed by atoms with Crippen LogP contribution in [0.2, 0.25) is 0 Å². The topological polar surface area (TPSA) is 3.24 Å². The summed E-state index contributed by atoms with van der Waals surface area (Å²) in [7, 11) is 0. The molecular formula is C13H26IN. The van der Waals surface area contributed by atoms with Crippen molar-refractivity contribution in [3.63, 3.8) is 0 Å². The first-order chi connectivity index (χ1) is 6.87. The lowest BCUT2D eigenvalue weighted by molar-refractivity contribution is 0.124. The van der Waals surface area contributed by atoms with Gasteiger partial charge in [0.05, 0.1) is 0 Å². The van der Waals surface area contributed by atoms with Crippen molar-refractivity contribution >= 4 is 22.9 Å². The van der Waals surface area contributed by atoms with Gasteiger partial charge in [0, 0.05) is 36.0 Å². The number of hydrogen-bond donors (Lipinski definition) is 0. The summed E-state index contributed by atoms with van der Waals surface area (Å²) in [5.74, 6) is 0. The minimum atomic E-state index is 0.496. The standard InChI is InChI=1S/C13H26IN/c1-5-13(9-8-12(2,3)4)7-6-10-15(14)11-13/h5-11H2,1-4H3. The first kappa shape index (κ1) is 13.8. The van der Waals surface area contributed by atoms with Crippen LogP contribution >= 0.6 is 22.9 Å². The molecule has 2 heteroatoms. The molecule has 1 atom stereocenters. The van der Waals surface area contributed by atoms with E-state index in [1.54, 1.807) is 0 Å². The van der Waals surface area contributed by atoms with E-state index in [1.807, 2.05) is 0 Å². The summed E-state index contributed by atoms with van der Waals surface area (Å²) >= 11 is 2.50. The molecule has 15 heavy (non-hydrogen) atoms. The summed E-state index contributed by atoms with van der Waals surface area (Å²) in [5, 5.41) is 0. The highest BCUT2D eigenvalue weighted by atomic mass is 127. The van der Waals surface area contributed by atoms with E-state index in [2.05, 4.69) is 53.7 Å². The summed E-state index contributed by atoms with van der Waals surface area (Å²) < 4.78 is 2.49. The van der Waals surface area contributed by atoms with Crippen LogP contribution in [0.25, 0.3) is 0 Å². The molecule has 0 aromatic rings. The molecule has 0 bridgehead atoms. The van der Waals surface area contributed by atoms with E-state index >= 15 is 0 Å². The Bertz CT molecular complexity index is 197. The van der Waals surface area contributed by atoms with Crippen molar-refractivity contribution in [2.45, 2.75) is 59.8 Å². The van der Waals surface area contributed by atoms with E-state index in [9.17, 15) is 0 Å². The van der Waals surface area contributed by atoms with Gasteiger partial charge in [-0.1, -0.05) is 27.7 Å². The Hall–Kier alpha value is 0.690. The Kier molecular flexibility index (Phi) is 4.90. The van der Waals surface area contributed by atoms with Gasteiger partial charge in [-0.15, -0.1) is 0 Å². The largest absolute Gasteiger partial charge is 0.247 e. The number of halogens is 1. The zero-order valence-corrected chi connectivity index (χ0v) is 12.9. The molecule has 90 valence electrons. The van der Waals surface area contributed by atoms with Gasteiger partial charge in [-0.3, -0.25) is 0 Å². The Balaban J connectivity index is 2.52. The van der Waals surface area contributed by atoms with E-state index in [1.165, 1.54) is 45.2 Å². The first-order valence-corrected chi connectivity index (χ1v) is 7.24. The predicted molar refractivity (Wildman–Crippen MR) is 76.2 cm³/mol. The summed E-state index contributed by atoms with van der Waals surface area (Å²) in [6.45, 7) is 12.1. The second-order valence-electron chi connectivity index (χ2n) is 6.36. The Morgan fingerprint density at radius 2 is 2.00 bits per heavy atom. The highest BCUT2D eigenvalue weighted by Gasteiger charge is 2.33. The molecule has 0 aliphatic carbocycles. The van der Waals surface area contributed by atoms with Crippen LogP contribution in [0.15, 0.2) is 0 Å². The number of nitrogens with zero attached hydrogens (tertiary/aromatic N) is 1. The van der Waals surface area contributed by atoms with E-state index in [4.69, 9.17) is 0 Å². The molecule has 0 saturated carbocycles. The fourth-order valence-corrected chi connectivity index (χ4v) is 3.52. The summed E-state index contributed by atoms with van der Waals surface area (Å²) in [5.41, 5.74) is 1.11. The zero-order valence-electron chi connectivity index (χ0n) is 10.8. The zero-order chi connectivity index (χ0) is 11.5. The number of hydrogen-bond acceptors (Lipinski definition) is 1. The average molecular weight is 323 g/mol. The molecule has 1 rings (SSSR count). The molecular weight excluding hydrogens is 297 g/mol. The Morgan fingerprint density at radius 3 is 2.47 bits per heavy atom. The first-order valence-electron chi connectivity index (χ1n) is 6.28. The SMILES string of the molecule is CCC1(CCC(C)(C)C)CCCN(I)C1. The van der Waals surface area contributed by atoms with Crippen molar-refractivity contribution < 1.29 is 0 Å². The van der Waals surface area contributed by atoms with Gasteiger partial charge >= 0.3 is 0 Å². The molecule has 0 aromatic heterocycles. The van der Waals surface area contributed by atoms with Gasteiger partial charge in [-0.25, -0.2) is 3.11 Å². The van der Waals surface area contributed by atoms with Crippen LogP contribution in [0.4, 0.5) is 0 Å². The molecule has 1 nitrogen and oxygen atoms in total. The fraction of sp³-hybridized carbons (Fsp3) is 1.00. The minimum absolute atomic E-state index is 0.496. The van der Waals surface area contributed by atoms with E-state index in [-0.39, 0.29) is 0 Å². The lowest BCUT2D eigenvalue weighted by atomic mass is 9.72. The summed E-state index contributed by atoms with van der Waals surface area (Å²) in [4.78, 5) is 0. The second-order valence-corrected chi connectivity index (χ2v) is 7.73. The second kappa shape index (κ2) is 5.35. The molecule has 1 saturated heterocycles. The van der Waals surface area contributed by atoms with Crippen molar-refractivity contribution in [3.05, 3.63) is 0 Å². The van der Waals surface area contributed by atoms with Crippen LogP contribution < -0.4 is 0 Å². The molecule has 0 amide bonds. The van der Waals surface area contributed by atoms with Crippen LogP contribution in [0.5, 0.6) is 0 Å². The van der Waals surface area contributed by atoms with Gasteiger partial charge in [-0.05, 0) is 42.9 Å². The fourth-order valence-electron chi connectivity index (χ4n) is 2.46. The summed E-state index contributed by atoms with van der Waals surface area (Å²) in [6.07, 6.45) is 6.96. The lowest BCUT2D eigenvalue weighted by Gasteiger charge is -2.41. The smallest absolute Gasteiger partial charge is 0.0201 e. The van der Waals surface area contributed by atoms with Gasteiger partial charge < -0.3 is 0 Å². The van der Waals surface area contributed by atoms with Crippen molar-refractivity contribution in [1.82, 2.24) is 3.11 Å². The van der Waals surface area contributed by atoms with Crippen LogP contribution in [0.3, 0.4) is 0 Å². The van der Waals surface area contributed by atoms with Crippen LogP contribution in [-0.2, 0) is 0 Å². The van der Waals surface area contributed by atoms with Gasteiger partial charge in [0.25, 0.3) is 0 Å². The molecule has 0 aromatic carbocycles. The Morgan fingerprint density at radius 1 is 1.33 bits per heavy atom. The maximum absolute atomic E-state index is 2.50. The van der Waals surface area contributed by atoms with E-state index in [0.717, 1.165) is 0 Å². The Labute approximate surface area is 109 Å². The van der Waals surface area contributed by atoms with Gasteiger partial charge in [0.1, 0.15) is 0 Å². The highest BCUT2D eigenvalue weighted by Crippen LogP contribution is 2.41. The van der Waals surface area contributed by atoms with Crippen LogP contribution in [0, 0.1) is 10.8 Å². The van der Waals surface area contributed by atoms with Gasteiger partial charge in [0.2, 0.25) is 0 Å². The molecule has 1 heterocycles. The predicted octanol–water partition coefficient (Wildman–Crippen LogP) is 4.65. The number of piperidine rings is 1. The van der Waals surface area contributed by atoms with Gasteiger partial charge in [0.15, 0.2) is 0 Å². The van der Waals surface area contributed by atoms with Crippen molar-refractivity contribution in [2.75, 3.05) is 13.1 Å². The average Bonchev–Trinajstić information content (AvgIpc) is 2.14. The molecule has 1 aliphatic heterocycles. The molecule has 0 radical (unpaired) electrons. The third-order valence-electron chi connectivity index (χ3n) is 3.77. The van der Waals surface area contributed by atoms with Gasteiger partial charge in [-0.2, -0.15) is 0 Å². The normalized spacial score (nSPS) is 29.4. The molecule has 1 unspecified atom stereocenters. The van der Waals surface area contributed by atoms with E-state index < -0.39 is 0 Å². The number of rotatable bonds is 3. The summed E-state index contributed by atoms with van der Waals surface area (Å²) in [6, 6.07) is 0. The lowest BCUT2D eigenvalue weighted by Crippen LogP contribution is -2.38. The third-order valence-corrected chi connectivity index (χ3v) is 4.59. The maximum atomic E-state index is 2.50. The molecule has 0 spiro atoms.